The SMILES string of the molecule is CC(C)CC(=O)NCC(=O)Nc1ccc2nc(SCn3nnc4ccccc43)sc2c1. The van der Waals surface area contributed by atoms with Gasteiger partial charge < -0.3 is 10.6 Å². The van der Waals surface area contributed by atoms with Crippen LogP contribution in [0.3, 0.4) is 0 Å². The van der Waals surface area contributed by atoms with Gasteiger partial charge in [-0.2, -0.15) is 0 Å². The van der Waals surface area contributed by atoms with Crippen molar-refractivity contribution in [1.29, 1.82) is 0 Å². The molecule has 160 valence electrons. The zero-order chi connectivity index (χ0) is 21.8. The maximum atomic E-state index is 12.1. The summed E-state index contributed by atoms with van der Waals surface area (Å²) in [7, 11) is 0. The molecular formula is C21H22N6O2S2. The molecule has 0 aliphatic carbocycles. The zero-order valence-corrected chi connectivity index (χ0v) is 18.8. The second kappa shape index (κ2) is 9.44. The monoisotopic (exact) mass is 454 g/mol. The van der Waals surface area contributed by atoms with Gasteiger partial charge in [0.25, 0.3) is 0 Å². The molecule has 2 aromatic carbocycles. The highest BCUT2D eigenvalue weighted by Crippen LogP contribution is 2.32. The number of thioether (sulfide) groups is 1. The summed E-state index contributed by atoms with van der Waals surface area (Å²) in [6.45, 7) is 3.88. The zero-order valence-electron chi connectivity index (χ0n) is 17.2. The largest absolute Gasteiger partial charge is 0.347 e. The second-order valence-electron chi connectivity index (χ2n) is 7.44. The minimum absolute atomic E-state index is 0.0424. The molecule has 0 bridgehead atoms. The maximum Gasteiger partial charge on any atom is 0.243 e. The van der Waals surface area contributed by atoms with Crippen LogP contribution in [0.25, 0.3) is 21.3 Å². The Balaban J connectivity index is 1.36. The fourth-order valence-corrected chi connectivity index (χ4v) is 4.98. The van der Waals surface area contributed by atoms with Crippen LogP contribution >= 0.6 is 23.1 Å². The van der Waals surface area contributed by atoms with Crippen molar-refractivity contribution in [2.24, 2.45) is 5.92 Å². The lowest BCUT2D eigenvalue weighted by atomic mass is 10.1. The third-order valence-electron chi connectivity index (χ3n) is 4.42. The van der Waals surface area contributed by atoms with E-state index in [-0.39, 0.29) is 24.3 Å². The highest BCUT2D eigenvalue weighted by molar-refractivity contribution is 8.00. The first-order valence-electron chi connectivity index (χ1n) is 9.86. The fraction of sp³-hybridized carbons (Fsp3) is 0.286. The van der Waals surface area contributed by atoms with E-state index in [1.807, 2.05) is 61.0 Å². The standard InChI is InChI=1S/C21H22N6O2S2/c1-13(2)9-19(28)22-11-20(29)23-14-7-8-16-18(10-14)31-21(24-16)30-12-27-17-6-4-3-5-15(17)25-26-27/h3-8,10,13H,9,11-12H2,1-2H3,(H,22,28)(H,23,29). The number of anilines is 1. The number of carbonyl (C=O) groups is 2. The number of nitrogens with zero attached hydrogens (tertiary/aromatic N) is 4. The van der Waals surface area contributed by atoms with E-state index in [1.165, 1.54) is 0 Å². The summed E-state index contributed by atoms with van der Waals surface area (Å²) < 4.78 is 3.75. The van der Waals surface area contributed by atoms with E-state index in [4.69, 9.17) is 0 Å². The minimum atomic E-state index is -0.256. The van der Waals surface area contributed by atoms with Crippen LogP contribution in [0, 0.1) is 5.92 Å². The molecule has 2 aromatic heterocycles. The van der Waals surface area contributed by atoms with Crippen LogP contribution in [0.4, 0.5) is 5.69 Å². The number of hydrogen-bond donors (Lipinski definition) is 2. The molecule has 8 nitrogen and oxygen atoms in total. The van der Waals surface area contributed by atoms with Gasteiger partial charge in [-0.25, -0.2) is 9.67 Å². The molecule has 2 heterocycles. The van der Waals surface area contributed by atoms with Crippen molar-refractivity contribution in [2.75, 3.05) is 11.9 Å². The first-order chi connectivity index (χ1) is 15.0. The average Bonchev–Trinajstić information content (AvgIpc) is 3.33. The Kier molecular flexibility index (Phi) is 6.47. The summed E-state index contributed by atoms with van der Waals surface area (Å²) >= 11 is 3.15. The van der Waals surface area contributed by atoms with Gasteiger partial charge in [-0.05, 0) is 36.2 Å². The molecule has 0 spiro atoms. The van der Waals surface area contributed by atoms with Gasteiger partial charge in [-0.15, -0.1) is 16.4 Å². The van der Waals surface area contributed by atoms with Gasteiger partial charge in [0.05, 0.1) is 28.2 Å². The average molecular weight is 455 g/mol. The van der Waals surface area contributed by atoms with Gasteiger partial charge in [0.2, 0.25) is 11.8 Å². The molecule has 4 aromatic rings. The van der Waals surface area contributed by atoms with Gasteiger partial charge in [-0.1, -0.05) is 43.0 Å². The molecule has 0 saturated heterocycles. The van der Waals surface area contributed by atoms with Crippen molar-refractivity contribution in [2.45, 2.75) is 30.5 Å². The van der Waals surface area contributed by atoms with E-state index in [1.54, 1.807) is 23.1 Å². The lowest BCUT2D eigenvalue weighted by Crippen LogP contribution is -2.33. The van der Waals surface area contributed by atoms with Crippen molar-refractivity contribution in [3.05, 3.63) is 42.5 Å². The summed E-state index contributed by atoms with van der Waals surface area (Å²) in [5.74, 6) is 0.491. The van der Waals surface area contributed by atoms with Crippen LogP contribution in [-0.2, 0) is 15.5 Å². The molecule has 0 fully saturated rings. The lowest BCUT2D eigenvalue weighted by Gasteiger charge is -2.08. The summed E-state index contributed by atoms with van der Waals surface area (Å²) in [6.07, 6.45) is 0.408. The number of thiazole rings is 1. The molecule has 0 atom stereocenters. The second-order valence-corrected chi connectivity index (χ2v) is 9.66. The number of benzene rings is 2. The number of nitrogens with one attached hydrogen (secondary N) is 2. The Morgan fingerprint density at radius 3 is 2.81 bits per heavy atom. The third kappa shape index (κ3) is 5.39. The van der Waals surface area contributed by atoms with E-state index < -0.39 is 0 Å². The highest BCUT2D eigenvalue weighted by Gasteiger charge is 2.11. The molecule has 10 heteroatoms. The van der Waals surface area contributed by atoms with E-state index in [2.05, 4.69) is 25.9 Å². The number of carbonyl (C=O) groups excluding carboxylic acids is 2. The normalized spacial score (nSPS) is 11.3. The Bertz CT molecular complexity index is 1230. The Labute approximate surface area is 187 Å². The molecule has 2 N–H and O–H groups in total. The Hall–Kier alpha value is -2.98. The van der Waals surface area contributed by atoms with Crippen LogP contribution in [-0.4, -0.2) is 38.3 Å². The van der Waals surface area contributed by atoms with Crippen molar-refractivity contribution >= 4 is 61.9 Å². The molecule has 4 rings (SSSR count). The van der Waals surface area contributed by atoms with Crippen LogP contribution in [0.5, 0.6) is 0 Å². The number of hydrogen-bond acceptors (Lipinski definition) is 7. The van der Waals surface area contributed by atoms with Gasteiger partial charge in [0.1, 0.15) is 5.52 Å². The Morgan fingerprint density at radius 1 is 1.13 bits per heavy atom. The molecule has 0 radical (unpaired) electrons. The number of fused-ring (bicyclic) bond motifs is 2. The van der Waals surface area contributed by atoms with Gasteiger partial charge >= 0.3 is 0 Å². The minimum Gasteiger partial charge on any atom is -0.347 e. The van der Waals surface area contributed by atoms with Crippen LogP contribution in [0.2, 0.25) is 0 Å². The predicted molar refractivity (Wildman–Crippen MR) is 124 cm³/mol. The third-order valence-corrected chi connectivity index (χ3v) is 6.55. The number of aromatic nitrogens is 4. The maximum absolute atomic E-state index is 12.1. The van der Waals surface area contributed by atoms with Gasteiger partial charge in [0, 0.05) is 12.1 Å². The van der Waals surface area contributed by atoms with Crippen LogP contribution in [0.15, 0.2) is 46.8 Å². The molecule has 31 heavy (non-hydrogen) atoms. The molecule has 0 aliphatic heterocycles. The molecule has 2 amide bonds. The molecule has 0 unspecified atom stereocenters. The summed E-state index contributed by atoms with van der Waals surface area (Å²) in [6, 6.07) is 13.4. The quantitative estimate of drug-likeness (QED) is 0.392. The summed E-state index contributed by atoms with van der Waals surface area (Å²) in [5, 5.41) is 13.8. The van der Waals surface area contributed by atoms with Crippen LogP contribution < -0.4 is 10.6 Å². The van der Waals surface area contributed by atoms with E-state index in [9.17, 15) is 9.59 Å². The first-order valence-corrected chi connectivity index (χ1v) is 11.7. The van der Waals surface area contributed by atoms with Crippen molar-refractivity contribution < 1.29 is 9.59 Å². The van der Waals surface area contributed by atoms with Crippen molar-refractivity contribution in [3.63, 3.8) is 0 Å². The lowest BCUT2D eigenvalue weighted by molar-refractivity contribution is -0.124. The number of rotatable bonds is 8. The van der Waals surface area contributed by atoms with Crippen molar-refractivity contribution in [3.8, 4) is 0 Å². The molecule has 0 saturated carbocycles. The number of para-hydroxylation sites is 1. The smallest absolute Gasteiger partial charge is 0.243 e. The van der Waals surface area contributed by atoms with Crippen LogP contribution in [0.1, 0.15) is 20.3 Å². The summed E-state index contributed by atoms with van der Waals surface area (Å²) in [5.41, 5.74) is 3.41. The predicted octanol–water partition coefficient (Wildman–Crippen LogP) is 3.89. The van der Waals surface area contributed by atoms with E-state index in [0.29, 0.717) is 18.0 Å². The van der Waals surface area contributed by atoms with Crippen molar-refractivity contribution in [1.82, 2.24) is 25.3 Å². The molecular weight excluding hydrogens is 432 g/mol. The van der Waals surface area contributed by atoms with E-state index in [0.717, 1.165) is 25.6 Å². The Morgan fingerprint density at radius 2 is 1.97 bits per heavy atom. The van der Waals surface area contributed by atoms with Gasteiger partial charge in [-0.3, -0.25) is 9.59 Å². The fourth-order valence-electron chi connectivity index (χ4n) is 3.00. The van der Waals surface area contributed by atoms with E-state index >= 15 is 0 Å². The highest BCUT2D eigenvalue weighted by atomic mass is 32.2. The van der Waals surface area contributed by atoms with Gasteiger partial charge in [0.15, 0.2) is 4.34 Å². The first kappa shape index (κ1) is 21.3. The molecule has 0 aliphatic rings. The topological polar surface area (TPSA) is 102 Å². The number of amides is 2. The summed E-state index contributed by atoms with van der Waals surface area (Å²) in [4.78, 5) is 28.5.